The summed E-state index contributed by atoms with van der Waals surface area (Å²) in [5.74, 6) is -0.353. The van der Waals surface area contributed by atoms with Crippen molar-refractivity contribution in [1.29, 1.82) is 5.26 Å². The number of thioether (sulfide) groups is 1. The zero-order chi connectivity index (χ0) is 20.4. The van der Waals surface area contributed by atoms with Crippen LogP contribution in [-0.4, -0.2) is 25.1 Å². The number of anilines is 2. The Hall–Kier alpha value is -2.72. The first-order valence-corrected chi connectivity index (χ1v) is 10.6. The lowest BCUT2D eigenvalue weighted by Crippen LogP contribution is -2.39. The average Bonchev–Trinajstić information content (AvgIpc) is 3.16. The molecule has 2 aliphatic rings. The van der Waals surface area contributed by atoms with E-state index in [0.717, 1.165) is 54.9 Å². The Morgan fingerprint density at radius 2 is 1.90 bits per heavy atom. The lowest BCUT2D eigenvalue weighted by molar-refractivity contribution is 0.163. The summed E-state index contributed by atoms with van der Waals surface area (Å²) in [4.78, 5) is 4.50. The second-order valence-electron chi connectivity index (χ2n) is 7.18. The number of ether oxygens (including phenoxy) is 1. The summed E-state index contributed by atoms with van der Waals surface area (Å²) in [5.41, 5.74) is 3.92. The van der Waals surface area contributed by atoms with Crippen LogP contribution >= 0.6 is 11.8 Å². The van der Waals surface area contributed by atoms with Gasteiger partial charge in [-0.3, -0.25) is 0 Å². The van der Waals surface area contributed by atoms with Gasteiger partial charge in [0.1, 0.15) is 11.9 Å². The van der Waals surface area contributed by atoms with Crippen molar-refractivity contribution < 1.29 is 13.5 Å². The Labute approximate surface area is 173 Å². The summed E-state index contributed by atoms with van der Waals surface area (Å²) < 4.78 is 32.7. The molecule has 4 nitrogen and oxygen atoms in total. The molecule has 150 valence electrons. The van der Waals surface area contributed by atoms with Gasteiger partial charge in [-0.2, -0.15) is 5.26 Å². The van der Waals surface area contributed by atoms with E-state index in [9.17, 15) is 14.0 Å². The zero-order valence-electron chi connectivity index (χ0n) is 16.1. The third-order valence-electron chi connectivity index (χ3n) is 5.25. The van der Waals surface area contributed by atoms with Crippen LogP contribution in [0.25, 0.3) is 0 Å². The van der Waals surface area contributed by atoms with Crippen LogP contribution in [0.4, 0.5) is 20.2 Å². The Morgan fingerprint density at radius 1 is 1.10 bits per heavy atom. The smallest absolute Gasteiger partial charge is 0.167 e. The maximum atomic E-state index is 13.9. The van der Waals surface area contributed by atoms with Crippen LogP contribution in [0.5, 0.6) is 5.75 Å². The van der Waals surface area contributed by atoms with Crippen LogP contribution in [0.3, 0.4) is 0 Å². The molecule has 0 unspecified atom stereocenters. The molecule has 1 fully saturated rings. The van der Waals surface area contributed by atoms with E-state index >= 15 is 0 Å². The van der Waals surface area contributed by atoms with Gasteiger partial charge in [-0.05, 0) is 42.7 Å². The summed E-state index contributed by atoms with van der Waals surface area (Å²) >= 11 is 1.74. The van der Waals surface area contributed by atoms with E-state index in [0.29, 0.717) is 5.56 Å². The standard InChI is InChI=1S/C22H21F2N3OS/c1-15-13-29-14-27(15)21-10-16(12-25)2-4-20(21)26-8-6-18(7-9-26)28-22-5-3-17(23)11-19(22)24/h2-5,10-11,13,18H,6-9,14H2,1H3. The molecule has 4 rings (SSSR count). The molecule has 2 heterocycles. The summed E-state index contributed by atoms with van der Waals surface area (Å²) in [7, 11) is 0. The second-order valence-corrected chi connectivity index (χ2v) is 8.00. The second kappa shape index (κ2) is 8.34. The minimum absolute atomic E-state index is 0.0961. The monoisotopic (exact) mass is 413 g/mol. The molecule has 2 aromatic carbocycles. The number of nitriles is 1. The molecule has 2 aromatic rings. The SMILES string of the molecule is CC1=CSCN1c1cc(C#N)ccc1N1CCC(Oc2ccc(F)cc2F)CC1. The predicted octanol–water partition coefficient (Wildman–Crippen LogP) is 5.26. The first-order valence-electron chi connectivity index (χ1n) is 9.52. The first-order chi connectivity index (χ1) is 14.0. The summed E-state index contributed by atoms with van der Waals surface area (Å²) in [6.07, 6.45) is 1.36. The van der Waals surface area contributed by atoms with Gasteiger partial charge < -0.3 is 14.5 Å². The molecular weight excluding hydrogens is 392 g/mol. The fourth-order valence-electron chi connectivity index (χ4n) is 3.70. The third kappa shape index (κ3) is 4.18. The normalized spacial score (nSPS) is 17.2. The highest BCUT2D eigenvalue weighted by molar-refractivity contribution is 8.02. The van der Waals surface area contributed by atoms with Gasteiger partial charge in [0.15, 0.2) is 11.6 Å². The molecule has 0 atom stereocenters. The maximum absolute atomic E-state index is 13.9. The molecule has 2 aliphatic heterocycles. The Morgan fingerprint density at radius 3 is 2.55 bits per heavy atom. The zero-order valence-corrected chi connectivity index (χ0v) is 16.9. The molecule has 0 bridgehead atoms. The molecule has 0 amide bonds. The number of hydrogen-bond donors (Lipinski definition) is 0. The number of halogens is 2. The van der Waals surface area contributed by atoms with Crippen molar-refractivity contribution in [2.24, 2.45) is 0 Å². The lowest BCUT2D eigenvalue weighted by atomic mass is 10.0. The van der Waals surface area contributed by atoms with E-state index in [-0.39, 0.29) is 11.9 Å². The van der Waals surface area contributed by atoms with E-state index < -0.39 is 11.6 Å². The van der Waals surface area contributed by atoms with Crippen molar-refractivity contribution >= 4 is 23.1 Å². The molecule has 7 heteroatoms. The van der Waals surface area contributed by atoms with Gasteiger partial charge in [-0.25, -0.2) is 8.78 Å². The van der Waals surface area contributed by atoms with Gasteiger partial charge in [-0.15, -0.1) is 11.8 Å². The molecule has 1 saturated heterocycles. The number of piperidine rings is 1. The van der Waals surface area contributed by atoms with Gasteiger partial charge in [0.25, 0.3) is 0 Å². The van der Waals surface area contributed by atoms with Gasteiger partial charge in [0.05, 0.1) is 28.9 Å². The Balaban J connectivity index is 1.48. The highest BCUT2D eigenvalue weighted by atomic mass is 32.2. The average molecular weight is 413 g/mol. The van der Waals surface area contributed by atoms with E-state index in [1.165, 1.54) is 12.1 Å². The lowest BCUT2D eigenvalue weighted by Gasteiger charge is -2.36. The van der Waals surface area contributed by atoms with E-state index in [4.69, 9.17) is 4.74 Å². The largest absolute Gasteiger partial charge is 0.487 e. The van der Waals surface area contributed by atoms with Crippen LogP contribution in [0.1, 0.15) is 25.3 Å². The van der Waals surface area contributed by atoms with Crippen LogP contribution in [-0.2, 0) is 0 Å². The van der Waals surface area contributed by atoms with E-state index in [2.05, 4.69) is 28.2 Å². The fraction of sp³-hybridized carbons (Fsp3) is 0.318. The predicted molar refractivity (Wildman–Crippen MR) is 112 cm³/mol. The quantitative estimate of drug-likeness (QED) is 0.684. The minimum atomic E-state index is -0.671. The summed E-state index contributed by atoms with van der Waals surface area (Å²) in [6.45, 7) is 3.59. The molecule has 29 heavy (non-hydrogen) atoms. The third-order valence-corrected chi connectivity index (χ3v) is 6.16. The van der Waals surface area contributed by atoms with E-state index in [1.54, 1.807) is 11.8 Å². The van der Waals surface area contributed by atoms with Crippen LogP contribution in [0.2, 0.25) is 0 Å². The topological polar surface area (TPSA) is 39.5 Å². The molecule has 0 aliphatic carbocycles. The summed E-state index contributed by atoms with van der Waals surface area (Å²) in [5, 5.41) is 11.4. The van der Waals surface area contributed by atoms with Gasteiger partial charge in [0.2, 0.25) is 0 Å². The van der Waals surface area contributed by atoms with Crippen LogP contribution in [0, 0.1) is 23.0 Å². The number of benzene rings is 2. The number of rotatable bonds is 4. The van der Waals surface area contributed by atoms with Crippen molar-refractivity contribution in [3.05, 3.63) is 64.7 Å². The van der Waals surface area contributed by atoms with Crippen LogP contribution in [0.15, 0.2) is 47.5 Å². The van der Waals surface area contributed by atoms with E-state index in [1.807, 2.05) is 18.2 Å². The molecule has 0 spiro atoms. The van der Waals surface area contributed by atoms with Crippen molar-refractivity contribution in [3.63, 3.8) is 0 Å². The van der Waals surface area contributed by atoms with Gasteiger partial charge >= 0.3 is 0 Å². The number of allylic oxidation sites excluding steroid dienone is 1. The van der Waals surface area contributed by atoms with Crippen molar-refractivity contribution in [3.8, 4) is 11.8 Å². The molecule has 0 N–H and O–H groups in total. The van der Waals surface area contributed by atoms with Crippen molar-refractivity contribution in [1.82, 2.24) is 0 Å². The highest BCUT2D eigenvalue weighted by Crippen LogP contribution is 2.38. The van der Waals surface area contributed by atoms with Crippen LogP contribution < -0.4 is 14.5 Å². The van der Waals surface area contributed by atoms with Gasteiger partial charge in [0, 0.05) is 37.7 Å². The summed E-state index contributed by atoms with van der Waals surface area (Å²) in [6, 6.07) is 11.4. The number of hydrogen-bond acceptors (Lipinski definition) is 5. The maximum Gasteiger partial charge on any atom is 0.167 e. The van der Waals surface area contributed by atoms with Crippen molar-refractivity contribution in [2.45, 2.75) is 25.9 Å². The first kappa shape index (κ1) is 19.6. The van der Waals surface area contributed by atoms with Crippen molar-refractivity contribution in [2.75, 3.05) is 28.8 Å². The molecular formula is C22H21F2N3OS. The Bertz CT molecular complexity index is 981. The van der Waals surface area contributed by atoms with Gasteiger partial charge in [-0.1, -0.05) is 0 Å². The molecule has 0 saturated carbocycles. The minimum Gasteiger partial charge on any atom is -0.487 e. The number of nitrogens with zero attached hydrogens (tertiary/aromatic N) is 3. The highest BCUT2D eigenvalue weighted by Gasteiger charge is 2.26. The fourth-order valence-corrected chi connectivity index (χ4v) is 4.63. The molecule has 0 radical (unpaired) electrons. The molecule has 0 aromatic heterocycles. The Kier molecular flexibility index (Phi) is 5.63.